The van der Waals surface area contributed by atoms with Crippen LogP contribution in [0.4, 0.5) is 5.69 Å². The standard InChI is InChI=1S/C52H41BN2/c1-31-26-33(3)50(34(4)27-31)53(51-35(5)28-32(2)29-36(51)6)40-21-16-37(17-22-40)39-20-25-46-47(30-39)55-52(38-18-23-41(54-7)24-19-38)49-45-15-11-9-13-43(45)42-12-8-10-14-44(42)48(46)49/h8-30H,1-6H3. The Balaban J connectivity index is 1.25. The Kier molecular flexibility index (Phi) is 8.36. The van der Waals surface area contributed by atoms with Crippen molar-refractivity contribution in [3.8, 4) is 22.4 Å². The molecule has 262 valence electrons. The van der Waals surface area contributed by atoms with Gasteiger partial charge in [-0.15, -0.1) is 0 Å². The first-order chi connectivity index (χ1) is 26.7. The van der Waals surface area contributed by atoms with Crippen molar-refractivity contribution in [2.24, 2.45) is 0 Å². The normalized spacial score (nSPS) is 11.4. The van der Waals surface area contributed by atoms with Gasteiger partial charge in [-0.2, -0.15) is 0 Å². The maximum Gasteiger partial charge on any atom is 0.242 e. The quantitative estimate of drug-likeness (QED) is 0.0990. The van der Waals surface area contributed by atoms with E-state index < -0.39 is 0 Å². The SMILES string of the molecule is [C-]#[N+]c1ccc(-c2nc3cc(-c4ccc(B(c5c(C)cc(C)cc5C)c5c(C)cc(C)cc5C)cc4)ccc3c3c4ccccc4c4ccccc4c23)cc1. The molecule has 0 aliphatic heterocycles. The smallest absolute Gasteiger partial charge is 0.242 e. The van der Waals surface area contributed by atoms with E-state index in [9.17, 15) is 0 Å². The van der Waals surface area contributed by atoms with E-state index in [0.717, 1.165) is 38.7 Å². The number of benzene rings is 8. The van der Waals surface area contributed by atoms with Crippen LogP contribution in [0.1, 0.15) is 33.4 Å². The van der Waals surface area contributed by atoms with Crippen LogP contribution >= 0.6 is 0 Å². The average molecular weight is 705 g/mol. The van der Waals surface area contributed by atoms with Gasteiger partial charge in [-0.05, 0) is 85.8 Å². The zero-order chi connectivity index (χ0) is 38.0. The number of aryl methyl sites for hydroxylation is 6. The topological polar surface area (TPSA) is 17.2 Å². The van der Waals surface area contributed by atoms with Gasteiger partial charge in [0, 0.05) is 16.2 Å². The lowest BCUT2D eigenvalue weighted by molar-refractivity contribution is 1.34. The van der Waals surface area contributed by atoms with Crippen LogP contribution < -0.4 is 16.4 Å². The highest BCUT2D eigenvalue weighted by Crippen LogP contribution is 2.43. The van der Waals surface area contributed by atoms with Crippen molar-refractivity contribution in [2.75, 3.05) is 0 Å². The van der Waals surface area contributed by atoms with E-state index in [1.165, 1.54) is 76.7 Å². The molecular weight excluding hydrogens is 663 g/mol. The third-order valence-corrected chi connectivity index (χ3v) is 11.6. The summed E-state index contributed by atoms with van der Waals surface area (Å²) in [7, 11) is 0. The first-order valence-electron chi connectivity index (χ1n) is 19.1. The van der Waals surface area contributed by atoms with Crippen molar-refractivity contribution in [3.63, 3.8) is 0 Å². The van der Waals surface area contributed by atoms with Gasteiger partial charge in [0.1, 0.15) is 0 Å². The lowest BCUT2D eigenvalue weighted by Crippen LogP contribution is -2.55. The lowest BCUT2D eigenvalue weighted by atomic mass is 9.34. The van der Waals surface area contributed by atoms with Gasteiger partial charge >= 0.3 is 0 Å². The third-order valence-electron chi connectivity index (χ3n) is 11.6. The second-order valence-corrected chi connectivity index (χ2v) is 15.4. The number of fused-ring (bicyclic) bond motifs is 8. The van der Waals surface area contributed by atoms with Crippen LogP contribution in [-0.4, -0.2) is 11.7 Å². The fraction of sp³-hybridized carbons (Fsp3) is 0.115. The summed E-state index contributed by atoms with van der Waals surface area (Å²) in [6.07, 6.45) is 0. The number of nitrogens with zero attached hydrogens (tertiary/aromatic N) is 2. The Hall–Kier alpha value is -6.50. The highest BCUT2D eigenvalue weighted by Gasteiger charge is 2.28. The van der Waals surface area contributed by atoms with Crippen LogP contribution in [-0.2, 0) is 0 Å². The summed E-state index contributed by atoms with van der Waals surface area (Å²) in [6.45, 7) is 21.1. The highest BCUT2D eigenvalue weighted by molar-refractivity contribution is 6.96. The van der Waals surface area contributed by atoms with Crippen LogP contribution in [0.3, 0.4) is 0 Å². The van der Waals surface area contributed by atoms with Crippen molar-refractivity contribution in [3.05, 3.63) is 184 Å². The zero-order valence-electron chi connectivity index (χ0n) is 32.3. The highest BCUT2D eigenvalue weighted by atomic mass is 14.7. The van der Waals surface area contributed by atoms with Crippen LogP contribution in [0.2, 0.25) is 0 Å². The van der Waals surface area contributed by atoms with Gasteiger partial charge in [0.05, 0.1) is 17.8 Å². The van der Waals surface area contributed by atoms with Crippen LogP contribution in [0, 0.1) is 48.1 Å². The summed E-state index contributed by atoms with van der Waals surface area (Å²) in [5.74, 6) is 0. The second-order valence-electron chi connectivity index (χ2n) is 15.4. The monoisotopic (exact) mass is 704 g/mol. The number of hydrogen-bond donors (Lipinski definition) is 0. The molecule has 9 rings (SSSR count). The van der Waals surface area contributed by atoms with Crippen molar-refractivity contribution >= 4 is 72.0 Å². The van der Waals surface area contributed by atoms with Crippen LogP contribution in [0.5, 0.6) is 0 Å². The molecule has 0 aliphatic carbocycles. The first kappa shape index (κ1) is 34.3. The Morgan fingerprint density at radius 1 is 0.455 bits per heavy atom. The molecule has 8 aromatic carbocycles. The Morgan fingerprint density at radius 2 is 0.927 bits per heavy atom. The summed E-state index contributed by atoms with van der Waals surface area (Å²) in [5.41, 5.74) is 17.8. The van der Waals surface area contributed by atoms with Gasteiger partial charge in [-0.25, -0.2) is 9.83 Å². The van der Waals surface area contributed by atoms with Gasteiger partial charge in [-0.3, -0.25) is 0 Å². The summed E-state index contributed by atoms with van der Waals surface area (Å²) in [5, 5.41) is 8.34. The van der Waals surface area contributed by atoms with Crippen molar-refractivity contribution in [1.29, 1.82) is 0 Å². The molecule has 0 amide bonds. The molecule has 0 unspecified atom stereocenters. The molecule has 55 heavy (non-hydrogen) atoms. The maximum absolute atomic E-state index is 7.55. The molecule has 0 saturated carbocycles. The Morgan fingerprint density at radius 3 is 1.45 bits per heavy atom. The molecule has 1 aromatic heterocycles. The molecule has 2 nitrogen and oxygen atoms in total. The fourth-order valence-electron chi connectivity index (χ4n) is 9.40. The van der Waals surface area contributed by atoms with Gasteiger partial charge in [-0.1, -0.05) is 183 Å². The minimum absolute atomic E-state index is 0.125. The van der Waals surface area contributed by atoms with E-state index >= 15 is 0 Å². The molecule has 1 heterocycles. The summed E-state index contributed by atoms with van der Waals surface area (Å²) < 4.78 is 0. The number of hydrogen-bond acceptors (Lipinski definition) is 1. The van der Waals surface area contributed by atoms with E-state index in [2.05, 4.69) is 162 Å². The molecule has 9 aromatic rings. The molecule has 0 saturated heterocycles. The molecule has 0 bridgehead atoms. The molecule has 0 N–H and O–H groups in total. The summed E-state index contributed by atoms with van der Waals surface area (Å²) >= 11 is 0. The van der Waals surface area contributed by atoms with Crippen molar-refractivity contribution in [1.82, 2.24) is 4.98 Å². The summed E-state index contributed by atoms with van der Waals surface area (Å²) in [6, 6.07) is 50.6. The van der Waals surface area contributed by atoms with Crippen LogP contribution in [0.15, 0.2) is 140 Å². The number of rotatable bonds is 5. The Bertz CT molecular complexity index is 2940. The number of aromatic nitrogens is 1. The molecule has 3 heteroatoms. The molecule has 0 aliphatic rings. The second kappa shape index (κ2) is 13.4. The van der Waals surface area contributed by atoms with Crippen LogP contribution in [0.25, 0.3) is 70.4 Å². The fourth-order valence-corrected chi connectivity index (χ4v) is 9.40. The van der Waals surface area contributed by atoms with Gasteiger partial charge in [0.25, 0.3) is 0 Å². The van der Waals surface area contributed by atoms with Crippen molar-refractivity contribution in [2.45, 2.75) is 41.5 Å². The molecular formula is C52H41BN2. The first-order valence-corrected chi connectivity index (χ1v) is 19.1. The van der Waals surface area contributed by atoms with Gasteiger partial charge in [0.2, 0.25) is 6.71 Å². The zero-order valence-corrected chi connectivity index (χ0v) is 32.3. The molecule has 0 fully saturated rings. The Labute approximate surface area is 324 Å². The van der Waals surface area contributed by atoms with Crippen molar-refractivity contribution < 1.29 is 0 Å². The van der Waals surface area contributed by atoms with E-state index in [1.807, 2.05) is 24.3 Å². The molecule has 0 atom stereocenters. The minimum atomic E-state index is 0.125. The van der Waals surface area contributed by atoms with E-state index in [-0.39, 0.29) is 6.71 Å². The molecule has 0 radical (unpaired) electrons. The van der Waals surface area contributed by atoms with Gasteiger partial charge in [0.15, 0.2) is 5.69 Å². The van der Waals surface area contributed by atoms with Gasteiger partial charge < -0.3 is 0 Å². The maximum atomic E-state index is 7.55. The third kappa shape index (κ3) is 5.78. The van der Waals surface area contributed by atoms with E-state index in [0.29, 0.717) is 5.69 Å². The average Bonchev–Trinajstić information content (AvgIpc) is 3.19. The lowest BCUT2D eigenvalue weighted by Gasteiger charge is -2.24. The predicted molar refractivity (Wildman–Crippen MR) is 237 cm³/mol. The molecule has 0 spiro atoms. The minimum Gasteiger partial charge on any atom is -0.247 e. The van der Waals surface area contributed by atoms with E-state index in [1.54, 1.807) is 0 Å². The number of pyridine rings is 1. The van der Waals surface area contributed by atoms with E-state index in [4.69, 9.17) is 11.6 Å². The predicted octanol–water partition coefficient (Wildman–Crippen LogP) is 11.9. The largest absolute Gasteiger partial charge is 0.247 e. The summed E-state index contributed by atoms with van der Waals surface area (Å²) in [4.78, 5) is 9.13.